The molecule has 2 aromatic heterocycles. The molecule has 0 bridgehead atoms. The molecule has 0 spiro atoms. The van der Waals surface area contributed by atoms with Crippen LogP contribution >= 0.6 is 23.2 Å². The van der Waals surface area contributed by atoms with Gasteiger partial charge in [-0.3, -0.25) is 4.98 Å². The molecule has 2 heterocycles. The molecule has 86 valence electrons. The Labute approximate surface area is 107 Å². The molecule has 0 saturated heterocycles. The molecule has 0 saturated carbocycles. The maximum absolute atomic E-state index is 6.30. The highest BCUT2D eigenvalue weighted by Gasteiger charge is 2.18. The zero-order valence-electron chi connectivity index (χ0n) is 8.65. The Morgan fingerprint density at radius 3 is 3.06 bits per heavy atom. The molecular formula is C11H7Cl2N3O. The zero-order chi connectivity index (χ0) is 11.8. The molecule has 0 amide bonds. The second kappa shape index (κ2) is 4.13. The van der Waals surface area contributed by atoms with E-state index in [0.29, 0.717) is 22.3 Å². The molecule has 1 aliphatic rings. The lowest BCUT2D eigenvalue weighted by molar-refractivity contribution is 0.391. The van der Waals surface area contributed by atoms with Crippen LogP contribution in [0.25, 0.3) is 17.5 Å². The summed E-state index contributed by atoms with van der Waals surface area (Å²) in [6.07, 6.45) is 6.45. The van der Waals surface area contributed by atoms with E-state index in [1.54, 1.807) is 6.20 Å². The Hall–Kier alpha value is -1.39. The van der Waals surface area contributed by atoms with Crippen molar-refractivity contribution in [2.24, 2.45) is 0 Å². The summed E-state index contributed by atoms with van der Waals surface area (Å²) < 4.78 is 4.95. The second-order valence-corrected chi connectivity index (χ2v) is 4.24. The Morgan fingerprint density at radius 1 is 1.41 bits per heavy atom. The van der Waals surface area contributed by atoms with Crippen molar-refractivity contribution in [1.29, 1.82) is 0 Å². The fraction of sp³-hybridized carbons (Fsp3) is 0.182. The van der Waals surface area contributed by atoms with E-state index in [9.17, 15) is 0 Å². The molecule has 2 aromatic rings. The number of alkyl halides is 1. The summed E-state index contributed by atoms with van der Waals surface area (Å²) in [6, 6.07) is 0. The van der Waals surface area contributed by atoms with Crippen molar-refractivity contribution in [2.45, 2.75) is 12.3 Å². The average Bonchev–Trinajstić information content (AvgIpc) is 2.97. The maximum atomic E-state index is 6.30. The third-order valence-corrected chi connectivity index (χ3v) is 3.19. The summed E-state index contributed by atoms with van der Waals surface area (Å²) in [5.74, 6) is 0.970. The number of fused-ring (bicyclic) bond motifs is 1. The molecule has 3 rings (SSSR count). The van der Waals surface area contributed by atoms with Gasteiger partial charge >= 0.3 is 0 Å². The van der Waals surface area contributed by atoms with E-state index in [-0.39, 0.29) is 5.88 Å². The monoisotopic (exact) mass is 267 g/mol. The molecule has 4 nitrogen and oxygen atoms in total. The van der Waals surface area contributed by atoms with Crippen molar-refractivity contribution < 1.29 is 4.52 Å². The van der Waals surface area contributed by atoms with Gasteiger partial charge in [-0.2, -0.15) is 4.98 Å². The third kappa shape index (κ3) is 1.73. The van der Waals surface area contributed by atoms with Gasteiger partial charge in [-0.15, -0.1) is 11.6 Å². The summed E-state index contributed by atoms with van der Waals surface area (Å²) in [4.78, 5) is 8.46. The molecule has 0 radical (unpaired) electrons. The van der Waals surface area contributed by atoms with Crippen molar-refractivity contribution >= 4 is 29.3 Å². The van der Waals surface area contributed by atoms with E-state index in [4.69, 9.17) is 27.7 Å². The van der Waals surface area contributed by atoms with Gasteiger partial charge < -0.3 is 4.52 Å². The topological polar surface area (TPSA) is 51.8 Å². The van der Waals surface area contributed by atoms with Gasteiger partial charge in [-0.05, 0) is 0 Å². The smallest absolute Gasteiger partial charge is 0.241 e. The van der Waals surface area contributed by atoms with E-state index in [1.165, 1.54) is 0 Å². The molecule has 0 aromatic carbocycles. The molecule has 0 fully saturated rings. The number of rotatable bonds is 2. The fourth-order valence-corrected chi connectivity index (χ4v) is 2.15. The van der Waals surface area contributed by atoms with Gasteiger partial charge in [0.15, 0.2) is 0 Å². The molecule has 1 aliphatic carbocycles. The van der Waals surface area contributed by atoms with Crippen molar-refractivity contribution in [1.82, 2.24) is 15.1 Å². The van der Waals surface area contributed by atoms with Crippen LogP contribution in [0.3, 0.4) is 0 Å². The number of hydrogen-bond acceptors (Lipinski definition) is 4. The second-order valence-electron chi connectivity index (χ2n) is 3.60. The van der Waals surface area contributed by atoms with Crippen LogP contribution in [0.5, 0.6) is 0 Å². The molecule has 0 atom stereocenters. The lowest BCUT2D eigenvalue weighted by Gasteiger charge is -2.04. The lowest BCUT2D eigenvalue weighted by atomic mass is 10.1. The zero-order valence-corrected chi connectivity index (χ0v) is 10.2. The van der Waals surface area contributed by atoms with E-state index in [0.717, 1.165) is 17.7 Å². The number of nitrogens with zero attached hydrogens (tertiary/aromatic N) is 3. The Bertz CT molecular complexity index is 607. The van der Waals surface area contributed by atoms with Crippen molar-refractivity contribution in [2.75, 3.05) is 0 Å². The van der Waals surface area contributed by atoms with E-state index in [1.807, 2.05) is 12.2 Å². The molecule has 0 unspecified atom stereocenters. The number of pyridine rings is 1. The average molecular weight is 268 g/mol. The van der Waals surface area contributed by atoms with Crippen LogP contribution < -0.4 is 0 Å². The summed E-state index contributed by atoms with van der Waals surface area (Å²) >= 11 is 11.9. The van der Waals surface area contributed by atoms with E-state index in [2.05, 4.69) is 15.1 Å². The first-order chi connectivity index (χ1) is 8.29. The number of halogens is 2. The largest absolute Gasteiger partial charge is 0.338 e. The van der Waals surface area contributed by atoms with E-state index >= 15 is 0 Å². The van der Waals surface area contributed by atoms with E-state index < -0.39 is 0 Å². The maximum Gasteiger partial charge on any atom is 0.241 e. The van der Waals surface area contributed by atoms with Gasteiger partial charge in [0.05, 0.1) is 16.3 Å². The van der Waals surface area contributed by atoms with Crippen LogP contribution in [-0.4, -0.2) is 15.1 Å². The first-order valence-electron chi connectivity index (χ1n) is 5.02. The Morgan fingerprint density at radius 2 is 2.29 bits per heavy atom. The molecule has 6 heteroatoms. The van der Waals surface area contributed by atoms with Crippen molar-refractivity contribution in [3.05, 3.63) is 34.4 Å². The van der Waals surface area contributed by atoms with Crippen LogP contribution in [0.15, 0.2) is 16.8 Å². The molecular weight excluding hydrogens is 261 g/mol. The van der Waals surface area contributed by atoms with Crippen LogP contribution in [0.1, 0.15) is 17.1 Å². The minimum atomic E-state index is 0.183. The van der Waals surface area contributed by atoms with Gasteiger partial charge in [0.2, 0.25) is 11.7 Å². The predicted molar refractivity (Wildman–Crippen MR) is 64.8 cm³/mol. The standard InChI is InChI=1S/C11H7Cl2N3O/c12-4-9-15-11(16-17-9)7-5-14-8-3-1-2-6(8)10(7)13/h1-2,5H,3-4H2. The highest BCUT2D eigenvalue weighted by molar-refractivity contribution is 6.34. The Balaban J connectivity index is 2.12. The quantitative estimate of drug-likeness (QED) is 0.785. The highest BCUT2D eigenvalue weighted by Crippen LogP contribution is 2.33. The summed E-state index contributed by atoms with van der Waals surface area (Å²) in [5.41, 5.74) is 2.57. The SMILES string of the molecule is ClCc1nc(-c2cnc3c(c2Cl)C=CC3)no1. The van der Waals surface area contributed by atoms with Crippen LogP contribution in [-0.2, 0) is 12.3 Å². The first kappa shape index (κ1) is 10.7. The lowest BCUT2D eigenvalue weighted by Crippen LogP contribution is -1.93. The molecule has 17 heavy (non-hydrogen) atoms. The van der Waals surface area contributed by atoms with Gasteiger partial charge in [0, 0.05) is 18.2 Å². The number of aromatic nitrogens is 3. The normalized spacial score (nSPS) is 13.1. The summed E-state index contributed by atoms with van der Waals surface area (Å²) in [6.45, 7) is 0. The summed E-state index contributed by atoms with van der Waals surface area (Å²) in [7, 11) is 0. The van der Waals surface area contributed by atoms with Gasteiger partial charge in [0.1, 0.15) is 5.88 Å². The van der Waals surface area contributed by atoms with Gasteiger partial charge in [0.25, 0.3) is 0 Å². The Kier molecular flexibility index (Phi) is 2.61. The first-order valence-corrected chi connectivity index (χ1v) is 5.93. The summed E-state index contributed by atoms with van der Waals surface area (Å²) in [5, 5.41) is 4.43. The number of hydrogen-bond donors (Lipinski definition) is 0. The van der Waals surface area contributed by atoms with Gasteiger partial charge in [-0.25, -0.2) is 0 Å². The minimum absolute atomic E-state index is 0.183. The molecule has 0 aliphatic heterocycles. The fourth-order valence-electron chi connectivity index (χ4n) is 1.74. The van der Waals surface area contributed by atoms with Crippen molar-refractivity contribution in [3.8, 4) is 11.4 Å². The number of allylic oxidation sites excluding steroid dienone is 1. The van der Waals surface area contributed by atoms with Crippen LogP contribution in [0.2, 0.25) is 5.02 Å². The highest BCUT2D eigenvalue weighted by atomic mass is 35.5. The minimum Gasteiger partial charge on any atom is -0.338 e. The third-order valence-electron chi connectivity index (χ3n) is 2.55. The molecule has 0 N–H and O–H groups in total. The van der Waals surface area contributed by atoms with Crippen LogP contribution in [0.4, 0.5) is 0 Å². The van der Waals surface area contributed by atoms with Gasteiger partial charge in [-0.1, -0.05) is 28.9 Å². The van der Waals surface area contributed by atoms with Crippen molar-refractivity contribution in [3.63, 3.8) is 0 Å². The predicted octanol–water partition coefficient (Wildman–Crippen LogP) is 3.09. The van der Waals surface area contributed by atoms with Crippen LogP contribution in [0, 0.1) is 0 Å².